The van der Waals surface area contributed by atoms with Crippen LogP contribution < -0.4 is 4.74 Å². The molecular formula is C17H17FO4. The highest BCUT2D eigenvalue weighted by Crippen LogP contribution is 2.23. The number of ether oxygens (including phenoxy) is 2. The minimum Gasteiger partial charge on any atom is -0.490 e. The molecule has 0 spiro atoms. The molecule has 2 rings (SSSR count). The first-order valence-corrected chi connectivity index (χ1v) is 6.76. The Kier molecular flexibility index (Phi) is 5.12. The largest absolute Gasteiger partial charge is 0.490 e. The molecule has 0 aliphatic heterocycles. The second kappa shape index (κ2) is 7.04. The molecule has 0 bridgehead atoms. The van der Waals surface area contributed by atoms with Crippen molar-refractivity contribution in [3.8, 4) is 5.75 Å². The zero-order valence-corrected chi connectivity index (χ0v) is 12.4. The number of halogens is 1. The van der Waals surface area contributed by atoms with Crippen LogP contribution in [0.15, 0.2) is 42.5 Å². The van der Waals surface area contributed by atoms with Crippen LogP contribution in [0.2, 0.25) is 0 Å². The third-order valence-electron chi connectivity index (χ3n) is 3.19. The number of aryl methyl sites for hydroxylation is 1. The standard InChI is InChI=1S/C17H17FO4/c1-11-3-8-14(17(20)21-2)16(9-11)22-10-15(19)12-4-6-13(18)7-5-12/h3-9,15,19H,10H2,1-2H3. The van der Waals surface area contributed by atoms with Crippen LogP contribution in [0.3, 0.4) is 0 Å². The van der Waals surface area contributed by atoms with E-state index in [9.17, 15) is 14.3 Å². The van der Waals surface area contributed by atoms with Gasteiger partial charge in [0.05, 0.1) is 7.11 Å². The van der Waals surface area contributed by atoms with E-state index >= 15 is 0 Å². The van der Waals surface area contributed by atoms with E-state index in [0.29, 0.717) is 16.9 Å². The Balaban J connectivity index is 2.12. The van der Waals surface area contributed by atoms with Crippen molar-refractivity contribution >= 4 is 5.97 Å². The van der Waals surface area contributed by atoms with Gasteiger partial charge in [-0.05, 0) is 42.3 Å². The lowest BCUT2D eigenvalue weighted by atomic mass is 10.1. The Morgan fingerprint density at radius 2 is 1.91 bits per heavy atom. The second-order valence-electron chi connectivity index (χ2n) is 4.87. The Hall–Kier alpha value is -2.40. The molecule has 0 aromatic heterocycles. The van der Waals surface area contributed by atoms with Crippen LogP contribution in [-0.4, -0.2) is 24.8 Å². The van der Waals surface area contributed by atoms with Crippen molar-refractivity contribution in [2.24, 2.45) is 0 Å². The van der Waals surface area contributed by atoms with E-state index in [-0.39, 0.29) is 12.4 Å². The van der Waals surface area contributed by atoms with Crippen molar-refractivity contribution in [1.82, 2.24) is 0 Å². The number of aliphatic hydroxyl groups is 1. The van der Waals surface area contributed by atoms with E-state index in [1.54, 1.807) is 18.2 Å². The van der Waals surface area contributed by atoms with Gasteiger partial charge in [-0.1, -0.05) is 18.2 Å². The van der Waals surface area contributed by atoms with Gasteiger partial charge >= 0.3 is 5.97 Å². The van der Waals surface area contributed by atoms with Gasteiger partial charge < -0.3 is 14.6 Å². The number of hydrogen-bond acceptors (Lipinski definition) is 4. The predicted octanol–water partition coefficient (Wildman–Crippen LogP) is 3.03. The fraction of sp³-hybridized carbons (Fsp3) is 0.235. The molecule has 0 aliphatic rings. The van der Waals surface area contributed by atoms with Gasteiger partial charge in [0, 0.05) is 0 Å². The number of aliphatic hydroxyl groups excluding tert-OH is 1. The molecule has 0 radical (unpaired) electrons. The van der Waals surface area contributed by atoms with E-state index < -0.39 is 12.1 Å². The average Bonchev–Trinajstić information content (AvgIpc) is 2.52. The van der Waals surface area contributed by atoms with Crippen molar-refractivity contribution < 1.29 is 23.8 Å². The molecule has 1 atom stereocenters. The Bertz CT molecular complexity index is 652. The summed E-state index contributed by atoms with van der Waals surface area (Å²) in [7, 11) is 1.29. The van der Waals surface area contributed by atoms with E-state index in [4.69, 9.17) is 9.47 Å². The van der Waals surface area contributed by atoms with E-state index in [0.717, 1.165) is 5.56 Å². The summed E-state index contributed by atoms with van der Waals surface area (Å²) in [5.41, 5.74) is 1.74. The van der Waals surface area contributed by atoms with Crippen molar-refractivity contribution in [2.45, 2.75) is 13.0 Å². The number of esters is 1. The molecule has 4 nitrogen and oxygen atoms in total. The summed E-state index contributed by atoms with van der Waals surface area (Å²) in [4.78, 5) is 11.7. The van der Waals surface area contributed by atoms with Gasteiger partial charge in [0.1, 0.15) is 29.8 Å². The van der Waals surface area contributed by atoms with Gasteiger partial charge in [-0.25, -0.2) is 9.18 Å². The zero-order chi connectivity index (χ0) is 16.1. The topological polar surface area (TPSA) is 55.8 Å². The number of methoxy groups -OCH3 is 1. The molecule has 2 aromatic rings. The maximum Gasteiger partial charge on any atom is 0.341 e. The van der Waals surface area contributed by atoms with Gasteiger partial charge in [-0.3, -0.25) is 0 Å². The van der Waals surface area contributed by atoms with E-state index in [1.165, 1.54) is 31.4 Å². The third kappa shape index (κ3) is 3.83. The lowest BCUT2D eigenvalue weighted by Crippen LogP contribution is -2.12. The molecule has 0 amide bonds. The molecule has 0 heterocycles. The van der Waals surface area contributed by atoms with Gasteiger partial charge in [0.2, 0.25) is 0 Å². The molecule has 1 unspecified atom stereocenters. The maximum absolute atomic E-state index is 12.9. The number of carbonyl (C=O) groups excluding carboxylic acids is 1. The molecule has 0 aliphatic carbocycles. The lowest BCUT2D eigenvalue weighted by molar-refractivity contribution is 0.0588. The smallest absolute Gasteiger partial charge is 0.341 e. The first-order valence-electron chi connectivity index (χ1n) is 6.76. The third-order valence-corrected chi connectivity index (χ3v) is 3.19. The van der Waals surface area contributed by atoms with Crippen molar-refractivity contribution in [3.05, 3.63) is 65.0 Å². The lowest BCUT2D eigenvalue weighted by Gasteiger charge is -2.15. The number of hydrogen-bond donors (Lipinski definition) is 1. The molecule has 0 saturated heterocycles. The average molecular weight is 304 g/mol. The summed E-state index contributed by atoms with van der Waals surface area (Å²) in [5.74, 6) is -0.539. The Labute approximate surface area is 128 Å². The highest BCUT2D eigenvalue weighted by Gasteiger charge is 2.15. The van der Waals surface area contributed by atoms with Crippen LogP contribution in [0.25, 0.3) is 0 Å². The van der Waals surface area contributed by atoms with Crippen LogP contribution >= 0.6 is 0 Å². The van der Waals surface area contributed by atoms with Crippen molar-refractivity contribution in [3.63, 3.8) is 0 Å². The highest BCUT2D eigenvalue weighted by atomic mass is 19.1. The van der Waals surface area contributed by atoms with Crippen molar-refractivity contribution in [1.29, 1.82) is 0 Å². The number of rotatable bonds is 5. The summed E-state index contributed by atoms with van der Waals surface area (Å²) in [6.45, 7) is 1.81. The fourth-order valence-corrected chi connectivity index (χ4v) is 1.98. The van der Waals surface area contributed by atoms with Crippen LogP contribution in [0.4, 0.5) is 4.39 Å². The monoisotopic (exact) mass is 304 g/mol. The van der Waals surface area contributed by atoms with Crippen LogP contribution in [0.1, 0.15) is 27.6 Å². The first-order chi connectivity index (χ1) is 10.5. The first kappa shape index (κ1) is 16.0. The van der Waals surface area contributed by atoms with Gasteiger partial charge in [-0.15, -0.1) is 0 Å². The SMILES string of the molecule is COC(=O)c1ccc(C)cc1OCC(O)c1ccc(F)cc1. The summed E-state index contributed by atoms with van der Waals surface area (Å²) in [5, 5.41) is 10.1. The summed E-state index contributed by atoms with van der Waals surface area (Å²) in [6.07, 6.45) is -0.924. The molecule has 0 fully saturated rings. The minimum atomic E-state index is -0.924. The van der Waals surface area contributed by atoms with Crippen molar-refractivity contribution in [2.75, 3.05) is 13.7 Å². The van der Waals surface area contributed by atoms with E-state index in [1.807, 2.05) is 6.92 Å². The van der Waals surface area contributed by atoms with E-state index in [2.05, 4.69) is 0 Å². The van der Waals surface area contributed by atoms with Gasteiger partial charge in [-0.2, -0.15) is 0 Å². The normalized spacial score (nSPS) is 11.8. The van der Waals surface area contributed by atoms with Gasteiger partial charge in [0.25, 0.3) is 0 Å². The summed E-state index contributed by atoms with van der Waals surface area (Å²) >= 11 is 0. The zero-order valence-electron chi connectivity index (χ0n) is 12.4. The molecule has 0 saturated carbocycles. The fourth-order valence-electron chi connectivity index (χ4n) is 1.98. The summed E-state index contributed by atoms with van der Waals surface area (Å²) in [6, 6.07) is 10.6. The molecule has 1 N–H and O–H groups in total. The maximum atomic E-state index is 12.9. The highest BCUT2D eigenvalue weighted by molar-refractivity contribution is 5.92. The Morgan fingerprint density at radius 3 is 2.55 bits per heavy atom. The van der Waals surface area contributed by atoms with Crippen LogP contribution in [0, 0.1) is 12.7 Å². The number of benzene rings is 2. The molecular weight excluding hydrogens is 287 g/mol. The van der Waals surface area contributed by atoms with Gasteiger partial charge in [0.15, 0.2) is 0 Å². The second-order valence-corrected chi connectivity index (χ2v) is 4.87. The van der Waals surface area contributed by atoms with Crippen LogP contribution in [-0.2, 0) is 4.74 Å². The summed E-state index contributed by atoms with van der Waals surface area (Å²) < 4.78 is 23.1. The quantitative estimate of drug-likeness (QED) is 0.863. The predicted molar refractivity (Wildman–Crippen MR) is 79.4 cm³/mol. The molecule has 22 heavy (non-hydrogen) atoms. The molecule has 2 aromatic carbocycles. The number of carbonyl (C=O) groups is 1. The Morgan fingerprint density at radius 1 is 1.23 bits per heavy atom. The minimum absolute atomic E-state index is 0.0565. The molecule has 116 valence electrons. The van der Waals surface area contributed by atoms with Crippen LogP contribution in [0.5, 0.6) is 5.75 Å². The molecule has 5 heteroatoms.